The Morgan fingerprint density at radius 3 is 2.67 bits per heavy atom. The molecule has 1 N–H and O–H groups in total. The number of phenols is 1. The van der Waals surface area contributed by atoms with Gasteiger partial charge in [-0.3, -0.25) is 4.90 Å². The molecule has 1 unspecified atom stereocenters. The van der Waals surface area contributed by atoms with Gasteiger partial charge in [0, 0.05) is 29.8 Å². The molecule has 0 spiro atoms. The zero-order valence-electron chi connectivity index (χ0n) is 14.4. The monoisotopic (exact) mass is 347 g/mol. The van der Waals surface area contributed by atoms with Crippen LogP contribution in [0.1, 0.15) is 37.8 Å². The van der Waals surface area contributed by atoms with Crippen LogP contribution in [0.3, 0.4) is 0 Å². The van der Waals surface area contributed by atoms with Crippen LogP contribution in [0.4, 0.5) is 10.5 Å². The second kappa shape index (κ2) is 5.85. The van der Waals surface area contributed by atoms with E-state index >= 15 is 0 Å². The van der Waals surface area contributed by atoms with E-state index in [9.17, 15) is 9.90 Å². The third-order valence-corrected chi connectivity index (χ3v) is 4.57. The number of benzene rings is 2. The fourth-order valence-electron chi connectivity index (χ4n) is 3.21. The molecule has 2 aromatic rings. The Balaban J connectivity index is 2.16. The van der Waals surface area contributed by atoms with Gasteiger partial charge in [0.05, 0.1) is 5.69 Å². The van der Waals surface area contributed by atoms with Crippen molar-refractivity contribution < 1.29 is 14.6 Å². The zero-order chi connectivity index (χ0) is 17.6. The highest BCUT2D eigenvalue weighted by molar-refractivity contribution is 6.19. The average Bonchev–Trinajstić information content (AvgIpc) is 2.84. The fourth-order valence-corrected chi connectivity index (χ4v) is 3.46. The zero-order valence-corrected chi connectivity index (χ0v) is 15.1. The normalized spacial score (nSPS) is 17.2. The second-order valence-corrected chi connectivity index (χ2v) is 7.63. The van der Waals surface area contributed by atoms with Crippen LogP contribution in [0.25, 0.3) is 10.8 Å². The van der Waals surface area contributed by atoms with Gasteiger partial charge in [-0.1, -0.05) is 23.8 Å². The van der Waals surface area contributed by atoms with Gasteiger partial charge in [0.25, 0.3) is 0 Å². The van der Waals surface area contributed by atoms with Gasteiger partial charge >= 0.3 is 6.09 Å². The minimum absolute atomic E-state index is 0.0130. The Labute approximate surface area is 147 Å². The maximum Gasteiger partial charge on any atom is 0.414 e. The molecule has 0 aliphatic carbocycles. The Hall–Kier alpha value is -1.94. The standard InChI is InChI=1S/C19H22ClNO3/c1-11-5-6-13-14(7-11)17-12(9-20)10-21(15(17)8-16(13)22)18(23)24-19(2,3)4/h5-8,12,22H,9-10H2,1-4H3. The smallest absolute Gasteiger partial charge is 0.414 e. The van der Waals surface area contributed by atoms with Gasteiger partial charge in [-0.05, 0) is 38.6 Å². The first kappa shape index (κ1) is 16.9. The second-order valence-electron chi connectivity index (χ2n) is 7.32. The van der Waals surface area contributed by atoms with Crippen LogP contribution in [0, 0.1) is 6.92 Å². The van der Waals surface area contributed by atoms with E-state index in [-0.39, 0.29) is 11.7 Å². The highest BCUT2D eigenvalue weighted by atomic mass is 35.5. The van der Waals surface area contributed by atoms with Crippen LogP contribution in [0.2, 0.25) is 0 Å². The van der Waals surface area contributed by atoms with E-state index in [2.05, 4.69) is 0 Å². The van der Waals surface area contributed by atoms with E-state index < -0.39 is 11.7 Å². The molecule has 5 heteroatoms. The summed E-state index contributed by atoms with van der Waals surface area (Å²) in [5.41, 5.74) is 2.21. The largest absolute Gasteiger partial charge is 0.507 e. The molecule has 0 fully saturated rings. The third-order valence-electron chi connectivity index (χ3n) is 4.19. The van der Waals surface area contributed by atoms with Crippen LogP contribution in [-0.4, -0.2) is 29.2 Å². The maximum atomic E-state index is 12.6. The Bertz CT molecular complexity index is 810. The summed E-state index contributed by atoms with van der Waals surface area (Å²) in [6.45, 7) is 7.97. The van der Waals surface area contributed by atoms with Gasteiger partial charge in [0.15, 0.2) is 0 Å². The van der Waals surface area contributed by atoms with Gasteiger partial charge in [0.2, 0.25) is 0 Å². The summed E-state index contributed by atoms with van der Waals surface area (Å²) in [4.78, 5) is 14.2. The number of hydrogen-bond donors (Lipinski definition) is 1. The molecule has 4 nitrogen and oxygen atoms in total. The minimum Gasteiger partial charge on any atom is -0.507 e. The van der Waals surface area contributed by atoms with Crippen LogP contribution >= 0.6 is 11.6 Å². The number of amides is 1. The number of aryl methyl sites for hydroxylation is 1. The summed E-state index contributed by atoms with van der Waals surface area (Å²) in [6.07, 6.45) is -0.414. The molecule has 0 saturated carbocycles. The number of ether oxygens (including phenoxy) is 1. The van der Waals surface area contributed by atoms with E-state index in [4.69, 9.17) is 16.3 Å². The number of alkyl halides is 1. The summed E-state index contributed by atoms with van der Waals surface area (Å²) in [7, 11) is 0. The van der Waals surface area contributed by atoms with E-state index in [1.807, 2.05) is 45.9 Å². The molecule has 2 aromatic carbocycles. The number of halogens is 1. The molecule has 1 aliphatic heterocycles. The molecule has 1 amide bonds. The number of hydrogen-bond acceptors (Lipinski definition) is 3. The molecule has 1 atom stereocenters. The van der Waals surface area contributed by atoms with Crippen molar-refractivity contribution in [2.45, 2.75) is 39.2 Å². The molecule has 0 bridgehead atoms. The van der Waals surface area contributed by atoms with Gasteiger partial charge in [-0.25, -0.2) is 4.79 Å². The third kappa shape index (κ3) is 2.91. The molecule has 1 aliphatic rings. The van der Waals surface area contributed by atoms with Gasteiger partial charge in [0.1, 0.15) is 11.4 Å². The SMILES string of the molecule is Cc1ccc2c(O)cc3c(c2c1)C(CCl)CN3C(=O)OC(C)(C)C. The number of anilines is 1. The first-order valence-electron chi connectivity index (χ1n) is 8.04. The summed E-state index contributed by atoms with van der Waals surface area (Å²) in [5.74, 6) is 0.576. The summed E-state index contributed by atoms with van der Waals surface area (Å²) in [5, 5.41) is 12.1. The Morgan fingerprint density at radius 2 is 2.04 bits per heavy atom. The van der Waals surface area contributed by atoms with Gasteiger partial charge in [-0.15, -0.1) is 11.6 Å². The lowest BCUT2D eigenvalue weighted by molar-refractivity contribution is 0.0582. The van der Waals surface area contributed by atoms with Crippen molar-refractivity contribution in [3.63, 3.8) is 0 Å². The van der Waals surface area contributed by atoms with Crippen LogP contribution in [0.15, 0.2) is 24.3 Å². The fraction of sp³-hybridized carbons (Fsp3) is 0.421. The number of carbonyl (C=O) groups excluding carboxylic acids is 1. The molecular weight excluding hydrogens is 326 g/mol. The lowest BCUT2D eigenvalue weighted by Crippen LogP contribution is -2.36. The number of nitrogens with zero attached hydrogens (tertiary/aromatic N) is 1. The molecule has 0 saturated heterocycles. The van der Waals surface area contributed by atoms with Gasteiger partial charge in [-0.2, -0.15) is 0 Å². The molecule has 0 aromatic heterocycles. The van der Waals surface area contributed by atoms with Crippen molar-refractivity contribution in [2.75, 3.05) is 17.3 Å². The molecule has 1 heterocycles. The van der Waals surface area contributed by atoms with E-state index in [0.717, 1.165) is 21.9 Å². The lowest BCUT2D eigenvalue weighted by atomic mass is 9.94. The first-order valence-corrected chi connectivity index (χ1v) is 8.57. The van der Waals surface area contributed by atoms with Crippen LogP contribution < -0.4 is 4.90 Å². The van der Waals surface area contributed by atoms with Gasteiger partial charge < -0.3 is 9.84 Å². The summed E-state index contributed by atoms with van der Waals surface area (Å²) < 4.78 is 5.51. The van der Waals surface area contributed by atoms with Crippen molar-refractivity contribution >= 4 is 34.2 Å². The first-order chi connectivity index (χ1) is 11.2. The number of phenolic OH excluding ortho intramolecular Hbond substituents is 1. The Kier molecular flexibility index (Phi) is 4.12. The van der Waals surface area contributed by atoms with Crippen molar-refractivity contribution in [1.82, 2.24) is 0 Å². The molecule has 128 valence electrons. The number of carbonyl (C=O) groups is 1. The summed E-state index contributed by atoms with van der Waals surface area (Å²) >= 11 is 6.18. The Morgan fingerprint density at radius 1 is 1.33 bits per heavy atom. The lowest BCUT2D eigenvalue weighted by Gasteiger charge is -2.25. The van der Waals surface area contributed by atoms with Crippen molar-refractivity contribution in [3.05, 3.63) is 35.4 Å². The number of rotatable bonds is 1. The van der Waals surface area contributed by atoms with E-state index in [0.29, 0.717) is 18.1 Å². The highest BCUT2D eigenvalue weighted by Crippen LogP contribution is 2.45. The predicted octanol–water partition coefficient (Wildman–Crippen LogP) is 4.93. The maximum absolute atomic E-state index is 12.6. The van der Waals surface area contributed by atoms with Crippen LogP contribution in [-0.2, 0) is 4.74 Å². The number of fused-ring (bicyclic) bond motifs is 3. The summed E-state index contributed by atoms with van der Waals surface area (Å²) in [6, 6.07) is 7.54. The minimum atomic E-state index is -0.578. The average molecular weight is 348 g/mol. The highest BCUT2D eigenvalue weighted by Gasteiger charge is 2.36. The quantitative estimate of drug-likeness (QED) is 0.744. The molecule has 24 heavy (non-hydrogen) atoms. The van der Waals surface area contributed by atoms with Crippen LogP contribution in [0.5, 0.6) is 5.75 Å². The molecular formula is C19H22ClNO3. The topological polar surface area (TPSA) is 49.8 Å². The van der Waals surface area contributed by atoms with Crippen molar-refractivity contribution in [2.24, 2.45) is 0 Å². The van der Waals surface area contributed by atoms with E-state index in [1.165, 1.54) is 0 Å². The molecule has 0 radical (unpaired) electrons. The molecule has 3 rings (SSSR count). The van der Waals surface area contributed by atoms with Crippen molar-refractivity contribution in [1.29, 1.82) is 0 Å². The number of aromatic hydroxyl groups is 1. The predicted molar refractivity (Wildman–Crippen MR) is 97.4 cm³/mol. The van der Waals surface area contributed by atoms with Crippen molar-refractivity contribution in [3.8, 4) is 5.75 Å². The van der Waals surface area contributed by atoms with E-state index in [1.54, 1.807) is 11.0 Å².